The van der Waals surface area contributed by atoms with Crippen LogP contribution in [0.4, 0.5) is 10.2 Å². The van der Waals surface area contributed by atoms with Crippen molar-refractivity contribution in [3.63, 3.8) is 0 Å². The molecule has 0 amide bonds. The molecule has 4 nitrogen and oxygen atoms in total. The Morgan fingerprint density at radius 3 is 2.95 bits per heavy atom. The van der Waals surface area contributed by atoms with Crippen molar-refractivity contribution in [2.45, 2.75) is 13.3 Å². The minimum Gasteiger partial charge on any atom is -0.438 e. The molecule has 0 saturated heterocycles. The Morgan fingerprint density at radius 2 is 2.16 bits per heavy atom. The van der Waals surface area contributed by atoms with Crippen molar-refractivity contribution in [1.29, 1.82) is 0 Å². The predicted octanol–water partition coefficient (Wildman–Crippen LogP) is 3.99. The number of aromatic nitrogens is 2. The second kappa shape index (κ2) is 6.47. The zero-order valence-corrected chi connectivity index (χ0v) is 11.9. The summed E-state index contributed by atoms with van der Waals surface area (Å²) in [6.45, 7) is 2.88. The van der Waals surface area contributed by atoms with Crippen molar-refractivity contribution < 1.29 is 9.13 Å². The first-order valence-corrected chi connectivity index (χ1v) is 6.67. The number of nitrogens with zero attached hydrogens (tertiary/aromatic N) is 2. The number of anilines is 1. The Morgan fingerprint density at radius 1 is 1.32 bits per heavy atom. The maximum absolute atomic E-state index is 13.1. The summed E-state index contributed by atoms with van der Waals surface area (Å²) in [5.74, 6) is 1.05. The third-order valence-corrected chi connectivity index (χ3v) is 2.96. The van der Waals surface area contributed by atoms with Gasteiger partial charge in [-0.3, -0.25) is 0 Å². The van der Waals surface area contributed by atoms with Gasteiger partial charge in [0.25, 0.3) is 0 Å². The van der Waals surface area contributed by atoms with Gasteiger partial charge in [0, 0.05) is 18.7 Å². The van der Waals surface area contributed by atoms with E-state index in [0.717, 1.165) is 13.0 Å². The van der Waals surface area contributed by atoms with Gasteiger partial charge in [0.1, 0.15) is 23.7 Å². The SMILES string of the molecule is CCCNc1cc(Oc2cc(F)ccc2Br)ncn1. The Hall–Kier alpha value is -1.69. The predicted molar refractivity (Wildman–Crippen MR) is 75.0 cm³/mol. The Bertz CT molecular complexity index is 565. The molecule has 6 heteroatoms. The van der Waals surface area contributed by atoms with Crippen molar-refractivity contribution in [2.75, 3.05) is 11.9 Å². The molecule has 0 saturated carbocycles. The molecular formula is C13H13BrFN3O. The van der Waals surface area contributed by atoms with Crippen molar-refractivity contribution >= 4 is 21.7 Å². The first-order chi connectivity index (χ1) is 9.19. The van der Waals surface area contributed by atoms with Gasteiger partial charge in [-0.05, 0) is 34.5 Å². The van der Waals surface area contributed by atoms with Crippen molar-refractivity contribution in [3.05, 3.63) is 40.9 Å². The Balaban J connectivity index is 2.16. The van der Waals surface area contributed by atoms with Gasteiger partial charge in [0.2, 0.25) is 5.88 Å². The lowest BCUT2D eigenvalue weighted by Gasteiger charge is -2.08. The zero-order chi connectivity index (χ0) is 13.7. The number of ether oxygens (including phenoxy) is 1. The monoisotopic (exact) mass is 325 g/mol. The molecule has 100 valence electrons. The van der Waals surface area contributed by atoms with Crippen LogP contribution >= 0.6 is 15.9 Å². The molecule has 0 aliphatic heterocycles. The van der Waals surface area contributed by atoms with E-state index in [1.807, 2.05) is 0 Å². The van der Waals surface area contributed by atoms with E-state index in [4.69, 9.17) is 4.74 Å². The summed E-state index contributed by atoms with van der Waals surface area (Å²) in [5.41, 5.74) is 0. The summed E-state index contributed by atoms with van der Waals surface area (Å²) in [4.78, 5) is 8.07. The number of nitrogens with one attached hydrogen (secondary N) is 1. The van der Waals surface area contributed by atoms with Crippen LogP contribution in [0.3, 0.4) is 0 Å². The molecule has 2 rings (SSSR count). The summed E-state index contributed by atoms with van der Waals surface area (Å²) in [6, 6.07) is 5.91. The number of halogens is 2. The lowest BCUT2D eigenvalue weighted by molar-refractivity contribution is 0.454. The van der Waals surface area contributed by atoms with Gasteiger partial charge in [0.15, 0.2) is 0 Å². The normalized spacial score (nSPS) is 10.3. The Labute approximate surface area is 119 Å². The van der Waals surface area contributed by atoms with Gasteiger partial charge in [-0.15, -0.1) is 0 Å². The first kappa shape index (κ1) is 13.7. The van der Waals surface area contributed by atoms with Gasteiger partial charge in [-0.2, -0.15) is 0 Å². The average Bonchev–Trinajstić information content (AvgIpc) is 2.41. The molecule has 0 bridgehead atoms. The lowest BCUT2D eigenvalue weighted by Crippen LogP contribution is -2.02. The molecule has 0 aliphatic carbocycles. The number of hydrogen-bond acceptors (Lipinski definition) is 4. The highest BCUT2D eigenvalue weighted by atomic mass is 79.9. The summed E-state index contributed by atoms with van der Waals surface area (Å²) >= 11 is 3.30. The second-order valence-corrected chi connectivity index (χ2v) is 4.70. The van der Waals surface area contributed by atoms with E-state index in [9.17, 15) is 4.39 Å². The van der Waals surface area contributed by atoms with Crippen LogP contribution in [0.2, 0.25) is 0 Å². The zero-order valence-electron chi connectivity index (χ0n) is 10.4. The van der Waals surface area contributed by atoms with Crippen LogP contribution in [0.15, 0.2) is 35.1 Å². The third-order valence-electron chi connectivity index (χ3n) is 2.31. The van der Waals surface area contributed by atoms with Crippen LogP contribution in [0.5, 0.6) is 11.6 Å². The minimum atomic E-state index is -0.364. The topological polar surface area (TPSA) is 47.0 Å². The summed E-state index contributed by atoms with van der Waals surface area (Å²) in [7, 11) is 0. The van der Waals surface area contributed by atoms with Crippen LogP contribution in [0, 0.1) is 5.82 Å². The van der Waals surface area contributed by atoms with Gasteiger partial charge < -0.3 is 10.1 Å². The van der Waals surface area contributed by atoms with Crippen LogP contribution in [0.25, 0.3) is 0 Å². The number of hydrogen-bond donors (Lipinski definition) is 1. The molecule has 1 N–H and O–H groups in total. The smallest absolute Gasteiger partial charge is 0.224 e. The summed E-state index contributed by atoms with van der Waals surface area (Å²) in [6.07, 6.45) is 2.40. The van der Waals surface area contributed by atoms with E-state index in [0.29, 0.717) is 21.9 Å². The maximum atomic E-state index is 13.1. The highest BCUT2D eigenvalue weighted by Crippen LogP contribution is 2.29. The van der Waals surface area contributed by atoms with Crippen molar-refractivity contribution in [3.8, 4) is 11.6 Å². The molecule has 0 aliphatic rings. The van der Waals surface area contributed by atoms with Crippen LogP contribution in [-0.2, 0) is 0 Å². The lowest BCUT2D eigenvalue weighted by atomic mass is 10.3. The van der Waals surface area contributed by atoms with Crippen molar-refractivity contribution in [2.24, 2.45) is 0 Å². The van der Waals surface area contributed by atoms with Gasteiger partial charge >= 0.3 is 0 Å². The largest absolute Gasteiger partial charge is 0.438 e. The summed E-state index contributed by atoms with van der Waals surface area (Å²) < 4.78 is 19.3. The van der Waals surface area contributed by atoms with E-state index in [1.165, 1.54) is 18.5 Å². The molecule has 19 heavy (non-hydrogen) atoms. The van der Waals surface area contributed by atoms with Gasteiger partial charge in [0.05, 0.1) is 4.47 Å². The summed E-state index contributed by atoms with van der Waals surface area (Å²) in [5, 5.41) is 3.13. The molecule has 1 heterocycles. The molecule has 0 unspecified atom stereocenters. The highest BCUT2D eigenvalue weighted by Gasteiger charge is 2.06. The quantitative estimate of drug-likeness (QED) is 0.902. The van der Waals surface area contributed by atoms with E-state index in [2.05, 4.69) is 38.1 Å². The fourth-order valence-electron chi connectivity index (χ4n) is 1.41. The molecule has 2 aromatic rings. The van der Waals surface area contributed by atoms with Crippen LogP contribution in [-0.4, -0.2) is 16.5 Å². The number of rotatable bonds is 5. The van der Waals surface area contributed by atoms with E-state index in [-0.39, 0.29) is 5.82 Å². The maximum Gasteiger partial charge on any atom is 0.224 e. The molecule has 0 spiro atoms. The van der Waals surface area contributed by atoms with E-state index in [1.54, 1.807) is 12.1 Å². The van der Waals surface area contributed by atoms with Crippen molar-refractivity contribution in [1.82, 2.24) is 9.97 Å². The van der Waals surface area contributed by atoms with Crippen LogP contribution in [0.1, 0.15) is 13.3 Å². The molecule has 1 aromatic heterocycles. The van der Waals surface area contributed by atoms with E-state index >= 15 is 0 Å². The fourth-order valence-corrected chi connectivity index (χ4v) is 1.74. The van der Waals surface area contributed by atoms with Gasteiger partial charge in [-0.1, -0.05) is 6.92 Å². The number of benzene rings is 1. The fraction of sp³-hybridized carbons (Fsp3) is 0.231. The minimum absolute atomic E-state index is 0.361. The molecular weight excluding hydrogens is 313 g/mol. The third kappa shape index (κ3) is 3.89. The average molecular weight is 326 g/mol. The molecule has 0 fully saturated rings. The first-order valence-electron chi connectivity index (χ1n) is 5.88. The second-order valence-electron chi connectivity index (χ2n) is 3.85. The Kier molecular flexibility index (Phi) is 4.68. The van der Waals surface area contributed by atoms with Crippen LogP contribution < -0.4 is 10.1 Å². The molecule has 1 aromatic carbocycles. The molecule has 0 radical (unpaired) electrons. The highest BCUT2D eigenvalue weighted by molar-refractivity contribution is 9.10. The van der Waals surface area contributed by atoms with E-state index < -0.39 is 0 Å². The molecule has 0 atom stereocenters. The standard InChI is InChI=1S/C13H13BrFN3O/c1-2-5-16-12-7-13(18-8-17-12)19-11-6-9(15)3-4-10(11)14/h3-4,6-8H,2,5H2,1H3,(H,16,17,18). The van der Waals surface area contributed by atoms with Gasteiger partial charge in [-0.25, -0.2) is 14.4 Å².